The summed E-state index contributed by atoms with van der Waals surface area (Å²) in [6.45, 7) is 4.00. The molecule has 5 nitrogen and oxygen atoms in total. The highest BCUT2D eigenvalue weighted by Gasteiger charge is 2.13. The van der Waals surface area contributed by atoms with Crippen molar-refractivity contribution in [3.05, 3.63) is 89.6 Å². The second kappa shape index (κ2) is 8.25. The lowest BCUT2D eigenvalue weighted by Crippen LogP contribution is -2.27. The third-order valence-corrected chi connectivity index (χ3v) is 4.21. The van der Waals surface area contributed by atoms with Gasteiger partial charge in [-0.1, -0.05) is 60.7 Å². The summed E-state index contributed by atoms with van der Waals surface area (Å²) in [5.41, 5.74) is 2.50. The van der Waals surface area contributed by atoms with Crippen LogP contribution in [-0.4, -0.2) is 16.1 Å². The lowest BCUT2D eigenvalue weighted by molar-refractivity contribution is 0.0934. The van der Waals surface area contributed by atoms with Gasteiger partial charge in [0, 0.05) is 6.04 Å². The predicted octanol–water partition coefficient (Wildman–Crippen LogP) is 4.14. The number of nitrogens with one attached hydrogen (secondary N) is 2. The van der Waals surface area contributed by atoms with Gasteiger partial charge in [0.2, 0.25) is 0 Å². The lowest BCUT2D eigenvalue weighted by Gasteiger charge is -2.15. The van der Waals surface area contributed by atoms with Gasteiger partial charge >= 0.3 is 0 Å². The maximum absolute atomic E-state index is 12.3. The summed E-state index contributed by atoms with van der Waals surface area (Å²) in [5, 5.41) is 14.4. The minimum Gasteiger partial charge on any atom is -0.362 e. The number of hydrogen-bond donors (Lipinski definition) is 2. The van der Waals surface area contributed by atoms with Crippen molar-refractivity contribution in [2.45, 2.75) is 25.9 Å². The van der Waals surface area contributed by atoms with Gasteiger partial charge in [-0.3, -0.25) is 4.79 Å². The van der Waals surface area contributed by atoms with E-state index in [9.17, 15) is 4.79 Å². The van der Waals surface area contributed by atoms with Gasteiger partial charge in [-0.25, -0.2) is 0 Å². The van der Waals surface area contributed by atoms with E-state index >= 15 is 0 Å². The minimum absolute atomic E-state index is 0.0959. The van der Waals surface area contributed by atoms with Crippen molar-refractivity contribution in [3.63, 3.8) is 0 Å². The van der Waals surface area contributed by atoms with Crippen LogP contribution in [0.5, 0.6) is 0 Å². The van der Waals surface area contributed by atoms with E-state index in [4.69, 9.17) is 0 Å². The Morgan fingerprint density at radius 1 is 0.769 bits per heavy atom. The molecule has 2 N–H and O–H groups in total. The standard InChI is InChI=1S/C21H22N4O/c1-15(17-9-5-3-6-10-17)22-20-14-13-19(24-25-20)21(26)23-16(2)18-11-7-4-8-12-18/h3-16H,1-2H3,(H,22,25)(H,23,26). The second-order valence-corrected chi connectivity index (χ2v) is 6.19. The summed E-state index contributed by atoms with van der Waals surface area (Å²) in [7, 11) is 0. The first-order chi connectivity index (χ1) is 12.6. The molecule has 0 saturated heterocycles. The number of anilines is 1. The van der Waals surface area contributed by atoms with Gasteiger partial charge in [0.1, 0.15) is 5.82 Å². The number of amides is 1. The van der Waals surface area contributed by atoms with Crippen LogP contribution in [0.1, 0.15) is 47.5 Å². The van der Waals surface area contributed by atoms with Crippen molar-refractivity contribution < 1.29 is 4.79 Å². The number of aromatic nitrogens is 2. The van der Waals surface area contributed by atoms with Crippen LogP contribution in [0.3, 0.4) is 0 Å². The van der Waals surface area contributed by atoms with E-state index in [1.807, 2.05) is 55.5 Å². The Morgan fingerprint density at radius 3 is 1.88 bits per heavy atom. The maximum Gasteiger partial charge on any atom is 0.272 e. The zero-order valence-electron chi connectivity index (χ0n) is 14.9. The molecular weight excluding hydrogens is 324 g/mol. The maximum atomic E-state index is 12.3. The van der Waals surface area contributed by atoms with E-state index in [1.165, 1.54) is 0 Å². The first-order valence-corrected chi connectivity index (χ1v) is 8.64. The molecule has 0 bridgehead atoms. The molecule has 3 rings (SSSR count). The molecule has 2 unspecified atom stereocenters. The third-order valence-electron chi connectivity index (χ3n) is 4.21. The van der Waals surface area contributed by atoms with E-state index in [-0.39, 0.29) is 18.0 Å². The highest BCUT2D eigenvalue weighted by atomic mass is 16.2. The van der Waals surface area contributed by atoms with E-state index in [1.54, 1.807) is 12.1 Å². The summed E-state index contributed by atoms with van der Waals surface area (Å²) in [4.78, 5) is 12.3. The normalized spacial score (nSPS) is 12.8. The number of carbonyl (C=O) groups excluding carboxylic acids is 1. The number of nitrogens with zero attached hydrogens (tertiary/aromatic N) is 2. The number of rotatable bonds is 6. The van der Waals surface area contributed by atoms with E-state index in [0.29, 0.717) is 11.5 Å². The molecule has 2 atom stereocenters. The van der Waals surface area contributed by atoms with Crippen LogP contribution in [0, 0.1) is 0 Å². The van der Waals surface area contributed by atoms with Gasteiger partial charge in [-0.15, -0.1) is 10.2 Å². The molecule has 1 amide bonds. The third kappa shape index (κ3) is 4.45. The SMILES string of the molecule is CC(NC(=O)c1ccc(NC(C)c2ccccc2)nn1)c1ccccc1. The van der Waals surface area contributed by atoms with Crippen molar-refractivity contribution in [1.29, 1.82) is 0 Å². The van der Waals surface area contributed by atoms with Crippen LogP contribution in [0.15, 0.2) is 72.8 Å². The van der Waals surface area contributed by atoms with Crippen LogP contribution >= 0.6 is 0 Å². The Labute approximate surface area is 153 Å². The molecule has 0 fully saturated rings. The Balaban J connectivity index is 1.61. The molecule has 0 saturated carbocycles. The molecular formula is C21H22N4O. The molecule has 26 heavy (non-hydrogen) atoms. The van der Waals surface area contributed by atoms with Gasteiger partial charge < -0.3 is 10.6 Å². The summed E-state index contributed by atoms with van der Waals surface area (Å²) in [6, 6.07) is 23.4. The molecule has 1 heterocycles. The Hall–Kier alpha value is -3.21. The van der Waals surface area contributed by atoms with E-state index < -0.39 is 0 Å². The van der Waals surface area contributed by atoms with Crippen molar-refractivity contribution >= 4 is 11.7 Å². The monoisotopic (exact) mass is 346 g/mol. The molecule has 0 aliphatic carbocycles. The molecule has 0 radical (unpaired) electrons. The fraction of sp³-hybridized carbons (Fsp3) is 0.190. The van der Waals surface area contributed by atoms with Crippen molar-refractivity contribution in [2.24, 2.45) is 0 Å². The largest absolute Gasteiger partial charge is 0.362 e. The Morgan fingerprint density at radius 2 is 1.35 bits per heavy atom. The van der Waals surface area contributed by atoms with Crippen molar-refractivity contribution in [2.75, 3.05) is 5.32 Å². The Kier molecular flexibility index (Phi) is 5.59. The smallest absolute Gasteiger partial charge is 0.272 e. The fourth-order valence-electron chi connectivity index (χ4n) is 2.67. The second-order valence-electron chi connectivity index (χ2n) is 6.19. The van der Waals surface area contributed by atoms with Crippen LogP contribution < -0.4 is 10.6 Å². The zero-order chi connectivity index (χ0) is 18.4. The highest BCUT2D eigenvalue weighted by molar-refractivity contribution is 5.92. The van der Waals surface area contributed by atoms with E-state index in [2.05, 4.69) is 39.9 Å². The highest BCUT2D eigenvalue weighted by Crippen LogP contribution is 2.17. The summed E-state index contributed by atoms with van der Waals surface area (Å²) in [5.74, 6) is 0.394. The Bertz CT molecular complexity index is 835. The van der Waals surface area contributed by atoms with Gasteiger partial charge in [-0.05, 0) is 37.1 Å². The van der Waals surface area contributed by atoms with E-state index in [0.717, 1.165) is 11.1 Å². The summed E-state index contributed by atoms with van der Waals surface area (Å²) >= 11 is 0. The molecule has 0 spiro atoms. The van der Waals surface area contributed by atoms with Crippen molar-refractivity contribution in [3.8, 4) is 0 Å². The number of benzene rings is 2. The molecule has 132 valence electrons. The molecule has 0 aliphatic rings. The van der Waals surface area contributed by atoms with Crippen LogP contribution in [-0.2, 0) is 0 Å². The van der Waals surface area contributed by atoms with Crippen LogP contribution in [0.25, 0.3) is 0 Å². The van der Waals surface area contributed by atoms with Crippen LogP contribution in [0.2, 0.25) is 0 Å². The van der Waals surface area contributed by atoms with Gasteiger partial charge in [0.15, 0.2) is 5.69 Å². The van der Waals surface area contributed by atoms with Crippen molar-refractivity contribution in [1.82, 2.24) is 15.5 Å². The number of hydrogen-bond acceptors (Lipinski definition) is 4. The predicted molar refractivity (Wildman–Crippen MR) is 103 cm³/mol. The average molecular weight is 346 g/mol. The summed E-state index contributed by atoms with van der Waals surface area (Å²) < 4.78 is 0. The van der Waals surface area contributed by atoms with Gasteiger partial charge in [0.05, 0.1) is 6.04 Å². The van der Waals surface area contributed by atoms with Gasteiger partial charge in [-0.2, -0.15) is 0 Å². The topological polar surface area (TPSA) is 66.9 Å². The molecule has 5 heteroatoms. The first-order valence-electron chi connectivity index (χ1n) is 8.64. The summed E-state index contributed by atoms with van der Waals surface area (Å²) in [6.07, 6.45) is 0. The minimum atomic E-state index is -0.239. The molecule has 3 aromatic rings. The fourth-order valence-corrected chi connectivity index (χ4v) is 2.67. The molecule has 2 aromatic carbocycles. The van der Waals surface area contributed by atoms with Gasteiger partial charge in [0.25, 0.3) is 5.91 Å². The van der Waals surface area contributed by atoms with Crippen LogP contribution in [0.4, 0.5) is 5.82 Å². The lowest BCUT2D eigenvalue weighted by atomic mass is 10.1. The average Bonchev–Trinajstić information content (AvgIpc) is 2.69. The first kappa shape index (κ1) is 17.6. The zero-order valence-corrected chi connectivity index (χ0v) is 14.9. The quantitative estimate of drug-likeness (QED) is 0.704. The molecule has 1 aromatic heterocycles. The molecule has 0 aliphatic heterocycles. The number of carbonyl (C=O) groups is 1.